The van der Waals surface area contributed by atoms with Crippen LogP contribution in [-0.4, -0.2) is 39.6 Å². The largest absolute Gasteiger partial charge is 0.333 e. The van der Waals surface area contributed by atoms with E-state index >= 15 is 0 Å². The van der Waals surface area contributed by atoms with Gasteiger partial charge in [-0.2, -0.15) is 0 Å². The maximum atomic E-state index is 4.46. The highest BCUT2D eigenvalue weighted by Crippen LogP contribution is 2.25. The van der Waals surface area contributed by atoms with E-state index in [4.69, 9.17) is 0 Å². The summed E-state index contributed by atoms with van der Waals surface area (Å²) >= 11 is 0. The first-order chi connectivity index (χ1) is 8.86. The monoisotopic (exact) mass is 248 g/mol. The topological polar surface area (TPSA) is 33.1 Å². The first kappa shape index (κ1) is 12.2. The van der Waals surface area contributed by atoms with E-state index in [2.05, 4.69) is 32.9 Å². The van der Waals surface area contributed by atoms with Crippen LogP contribution >= 0.6 is 0 Å². The number of hydrogen-bond acceptors (Lipinski definition) is 3. The van der Waals surface area contributed by atoms with Crippen molar-refractivity contribution in [1.29, 1.82) is 0 Å². The first-order valence-electron chi connectivity index (χ1n) is 7.34. The Hall–Kier alpha value is -0.870. The first-order valence-corrected chi connectivity index (χ1v) is 7.34. The van der Waals surface area contributed by atoms with Crippen LogP contribution in [0.5, 0.6) is 0 Å². The number of rotatable bonds is 3. The number of hydrogen-bond donors (Lipinski definition) is 1. The van der Waals surface area contributed by atoms with Gasteiger partial charge < -0.3 is 9.88 Å². The van der Waals surface area contributed by atoms with Crippen LogP contribution in [0.25, 0.3) is 0 Å². The van der Waals surface area contributed by atoms with Gasteiger partial charge in [-0.15, -0.1) is 0 Å². The molecule has 0 amide bonds. The maximum absolute atomic E-state index is 4.46. The summed E-state index contributed by atoms with van der Waals surface area (Å²) in [7, 11) is 0. The Balaban J connectivity index is 1.62. The zero-order valence-corrected chi connectivity index (χ0v) is 11.3. The van der Waals surface area contributed by atoms with Crippen molar-refractivity contribution in [1.82, 2.24) is 19.8 Å². The van der Waals surface area contributed by atoms with E-state index in [-0.39, 0.29) is 0 Å². The molecule has 0 bridgehead atoms. The Labute approximate surface area is 109 Å². The van der Waals surface area contributed by atoms with Gasteiger partial charge in [-0.3, -0.25) is 4.90 Å². The van der Waals surface area contributed by atoms with Gasteiger partial charge in [-0.1, -0.05) is 13.3 Å². The molecule has 1 fully saturated rings. The van der Waals surface area contributed by atoms with E-state index in [9.17, 15) is 0 Å². The number of aromatic nitrogens is 2. The van der Waals surface area contributed by atoms with Gasteiger partial charge in [0.1, 0.15) is 5.82 Å². The predicted molar refractivity (Wildman–Crippen MR) is 72.4 cm³/mol. The van der Waals surface area contributed by atoms with Crippen LogP contribution in [0.3, 0.4) is 0 Å². The molecule has 0 saturated heterocycles. The van der Waals surface area contributed by atoms with Gasteiger partial charge in [-0.25, -0.2) is 4.98 Å². The highest BCUT2D eigenvalue weighted by atomic mass is 15.3. The summed E-state index contributed by atoms with van der Waals surface area (Å²) < 4.78 is 2.29. The van der Waals surface area contributed by atoms with Crippen LogP contribution in [0.2, 0.25) is 0 Å². The van der Waals surface area contributed by atoms with Gasteiger partial charge >= 0.3 is 0 Å². The van der Waals surface area contributed by atoms with E-state index in [0.29, 0.717) is 0 Å². The van der Waals surface area contributed by atoms with Gasteiger partial charge in [0.2, 0.25) is 0 Å². The van der Waals surface area contributed by atoms with Gasteiger partial charge in [0.15, 0.2) is 0 Å². The molecule has 2 aliphatic rings. The van der Waals surface area contributed by atoms with Crippen LogP contribution in [0.15, 0.2) is 12.4 Å². The lowest BCUT2D eigenvalue weighted by Gasteiger charge is -2.39. The molecule has 100 valence electrons. The van der Waals surface area contributed by atoms with Gasteiger partial charge in [0.05, 0.1) is 6.54 Å². The van der Waals surface area contributed by atoms with E-state index in [1.807, 2.05) is 6.20 Å². The minimum atomic E-state index is 0.732. The van der Waals surface area contributed by atoms with Crippen LogP contribution in [0.4, 0.5) is 0 Å². The van der Waals surface area contributed by atoms with Crippen molar-refractivity contribution in [3.63, 3.8) is 0 Å². The quantitative estimate of drug-likeness (QED) is 0.882. The molecule has 2 unspecified atom stereocenters. The lowest BCUT2D eigenvalue weighted by molar-refractivity contribution is 0.108. The second-order valence-electron chi connectivity index (χ2n) is 5.58. The molecule has 1 aliphatic carbocycles. The molecule has 0 spiro atoms. The molecule has 1 aliphatic heterocycles. The Morgan fingerprint density at radius 1 is 1.39 bits per heavy atom. The molecule has 0 aromatic carbocycles. The van der Waals surface area contributed by atoms with Crippen LogP contribution < -0.4 is 5.32 Å². The summed E-state index contributed by atoms with van der Waals surface area (Å²) in [6.45, 7) is 6.64. The fourth-order valence-electron chi connectivity index (χ4n) is 3.47. The standard InChI is InChI=1S/C14H24N4/c1-2-15-12-4-3-5-13(10-12)18-9-8-17-7-6-16-14(17)11-18/h6-7,12-13,15H,2-5,8-11H2,1H3. The number of fused-ring (bicyclic) bond motifs is 1. The van der Waals surface area contributed by atoms with Crippen LogP contribution in [-0.2, 0) is 13.1 Å². The Kier molecular flexibility index (Phi) is 3.66. The molecule has 18 heavy (non-hydrogen) atoms. The summed E-state index contributed by atoms with van der Waals surface area (Å²) in [5.41, 5.74) is 0. The van der Waals surface area contributed by atoms with Crippen molar-refractivity contribution in [3.8, 4) is 0 Å². The predicted octanol–water partition coefficient (Wildman–Crippen LogP) is 1.62. The molecule has 2 heterocycles. The minimum Gasteiger partial charge on any atom is -0.333 e. The zero-order chi connectivity index (χ0) is 12.4. The molecule has 3 rings (SSSR count). The normalized spacial score (nSPS) is 29.2. The van der Waals surface area contributed by atoms with E-state index < -0.39 is 0 Å². The summed E-state index contributed by atoms with van der Waals surface area (Å²) in [6, 6.07) is 1.49. The highest BCUT2D eigenvalue weighted by Gasteiger charge is 2.28. The zero-order valence-electron chi connectivity index (χ0n) is 11.3. The Morgan fingerprint density at radius 3 is 3.22 bits per heavy atom. The fraction of sp³-hybridized carbons (Fsp3) is 0.786. The van der Waals surface area contributed by atoms with Gasteiger partial charge in [0.25, 0.3) is 0 Å². The lowest BCUT2D eigenvalue weighted by atomic mass is 9.89. The van der Waals surface area contributed by atoms with E-state index in [0.717, 1.165) is 31.7 Å². The molecule has 1 saturated carbocycles. The molecule has 1 aromatic rings. The Bertz CT molecular complexity index is 385. The van der Waals surface area contributed by atoms with E-state index in [1.54, 1.807) is 0 Å². The van der Waals surface area contributed by atoms with Crippen molar-refractivity contribution in [2.45, 2.75) is 57.8 Å². The van der Waals surface area contributed by atoms with Crippen molar-refractivity contribution in [2.24, 2.45) is 0 Å². The number of nitrogens with zero attached hydrogens (tertiary/aromatic N) is 3. The van der Waals surface area contributed by atoms with Crippen molar-refractivity contribution in [3.05, 3.63) is 18.2 Å². The third-order valence-corrected chi connectivity index (χ3v) is 4.43. The highest BCUT2D eigenvalue weighted by molar-refractivity contribution is 4.97. The van der Waals surface area contributed by atoms with Crippen LogP contribution in [0, 0.1) is 0 Å². The SMILES string of the molecule is CCNC1CCCC(N2CCn3ccnc3C2)C1. The Morgan fingerprint density at radius 2 is 2.33 bits per heavy atom. The molecule has 4 heteroatoms. The van der Waals surface area contributed by atoms with Gasteiger partial charge in [0, 0.05) is 37.6 Å². The fourth-order valence-corrected chi connectivity index (χ4v) is 3.47. The van der Waals surface area contributed by atoms with Crippen molar-refractivity contribution in [2.75, 3.05) is 13.1 Å². The molecule has 2 atom stereocenters. The molecular weight excluding hydrogens is 224 g/mol. The summed E-state index contributed by atoms with van der Waals surface area (Å²) in [6.07, 6.45) is 9.44. The molecule has 1 aromatic heterocycles. The van der Waals surface area contributed by atoms with E-state index in [1.165, 1.54) is 38.1 Å². The van der Waals surface area contributed by atoms with Crippen LogP contribution in [0.1, 0.15) is 38.4 Å². The molecule has 0 radical (unpaired) electrons. The molecule has 4 nitrogen and oxygen atoms in total. The van der Waals surface area contributed by atoms with Crippen molar-refractivity contribution < 1.29 is 0 Å². The summed E-state index contributed by atoms with van der Waals surface area (Å²) in [5.74, 6) is 1.24. The molecular formula is C14H24N4. The maximum Gasteiger partial charge on any atom is 0.122 e. The summed E-state index contributed by atoms with van der Waals surface area (Å²) in [4.78, 5) is 7.11. The third-order valence-electron chi connectivity index (χ3n) is 4.43. The third kappa shape index (κ3) is 2.45. The smallest absolute Gasteiger partial charge is 0.122 e. The molecule has 1 N–H and O–H groups in total. The average molecular weight is 248 g/mol. The number of imidazole rings is 1. The average Bonchev–Trinajstić information content (AvgIpc) is 2.86. The second kappa shape index (κ2) is 5.41. The van der Waals surface area contributed by atoms with Gasteiger partial charge in [-0.05, 0) is 25.8 Å². The van der Waals surface area contributed by atoms with Crippen molar-refractivity contribution >= 4 is 0 Å². The number of nitrogens with one attached hydrogen (secondary N) is 1. The lowest BCUT2D eigenvalue weighted by Crippen LogP contribution is -2.47. The summed E-state index contributed by atoms with van der Waals surface area (Å²) in [5, 5.41) is 3.62. The minimum absolute atomic E-state index is 0.732. The second-order valence-corrected chi connectivity index (χ2v) is 5.58.